The second-order valence-electron chi connectivity index (χ2n) is 5.25. The van der Waals surface area contributed by atoms with Crippen LogP contribution in [-0.4, -0.2) is 35.6 Å². The van der Waals surface area contributed by atoms with Crippen LogP contribution in [0.4, 0.5) is 35.3 Å². The molecule has 10 heteroatoms. The zero-order valence-corrected chi connectivity index (χ0v) is 14.3. The van der Waals surface area contributed by atoms with Crippen molar-refractivity contribution >= 4 is 23.4 Å². The fourth-order valence-electron chi connectivity index (χ4n) is 2.09. The van der Waals surface area contributed by atoms with Crippen molar-refractivity contribution in [1.82, 2.24) is 15.3 Å². The highest BCUT2D eigenvalue weighted by Crippen LogP contribution is 2.19. The number of carbonyl (C=O) groups is 1. The molecule has 0 unspecified atom stereocenters. The molecular weight excluding hydrogens is 349 g/mol. The molecule has 1 heterocycles. The summed E-state index contributed by atoms with van der Waals surface area (Å²) in [7, 11) is 0. The number of amides is 2. The quantitative estimate of drug-likeness (QED) is 0.446. The molecule has 2 amide bonds. The molecule has 0 bridgehead atoms. The Bertz CT molecular complexity index is 787. The first kappa shape index (κ1) is 19.3. The maximum atomic E-state index is 13.5. The highest BCUT2D eigenvalue weighted by atomic mass is 19.2. The van der Waals surface area contributed by atoms with E-state index in [4.69, 9.17) is 0 Å². The maximum absolute atomic E-state index is 13.5. The number of nitrogens with zero attached hydrogens (tertiary/aromatic N) is 2. The third-order valence-electron chi connectivity index (χ3n) is 3.20. The van der Waals surface area contributed by atoms with Gasteiger partial charge >= 0.3 is 6.03 Å². The summed E-state index contributed by atoms with van der Waals surface area (Å²) < 4.78 is 39.4. The second-order valence-corrected chi connectivity index (χ2v) is 5.25. The first-order valence-corrected chi connectivity index (χ1v) is 7.92. The molecule has 0 aliphatic heterocycles. The topological polar surface area (TPSA) is 91.0 Å². The zero-order valence-electron chi connectivity index (χ0n) is 14.3. The Morgan fingerprint density at radius 1 is 1.04 bits per heavy atom. The third kappa shape index (κ3) is 5.23. The lowest BCUT2D eigenvalue weighted by Crippen LogP contribution is -2.33. The minimum absolute atomic E-state index is 0.191. The average Bonchev–Trinajstić information content (AvgIpc) is 2.59. The summed E-state index contributed by atoms with van der Waals surface area (Å²) in [5, 5.41) is 10.7. The number of hydrogen-bond acceptors (Lipinski definition) is 5. The van der Waals surface area contributed by atoms with Crippen LogP contribution in [0.15, 0.2) is 18.2 Å². The van der Waals surface area contributed by atoms with Crippen LogP contribution in [0.5, 0.6) is 0 Å². The van der Waals surface area contributed by atoms with Crippen molar-refractivity contribution in [2.24, 2.45) is 0 Å². The van der Waals surface area contributed by atoms with E-state index >= 15 is 0 Å². The van der Waals surface area contributed by atoms with Gasteiger partial charge in [0.05, 0.1) is 5.69 Å². The van der Waals surface area contributed by atoms with Gasteiger partial charge in [0.25, 0.3) is 0 Å². The molecule has 0 saturated carbocycles. The van der Waals surface area contributed by atoms with E-state index in [1.165, 1.54) is 0 Å². The number of aromatic nitrogens is 2. The number of aryl methyl sites for hydroxylation is 1. The standard InChI is InChI=1S/C16H19F3N6O/c1-3-20-12-8-13(24-9(2)23-12)21-6-7-22-16(26)25-11-5-4-10(17)14(18)15(11)19/h4-5,8H,3,6-7H2,1-2H3,(H2,22,25,26)(H2,20,21,23,24). The highest BCUT2D eigenvalue weighted by molar-refractivity contribution is 5.89. The molecule has 1 aromatic carbocycles. The van der Waals surface area contributed by atoms with E-state index in [-0.39, 0.29) is 6.54 Å². The summed E-state index contributed by atoms with van der Waals surface area (Å²) in [5.74, 6) is -2.56. The largest absolute Gasteiger partial charge is 0.370 e. The van der Waals surface area contributed by atoms with Gasteiger partial charge in [-0.2, -0.15) is 0 Å². The Kier molecular flexibility index (Phi) is 6.59. The van der Waals surface area contributed by atoms with Gasteiger partial charge in [-0.25, -0.2) is 27.9 Å². The number of carbonyl (C=O) groups excluding carboxylic acids is 1. The van der Waals surface area contributed by atoms with Crippen molar-refractivity contribution in [3.63, 3.8) is 0 Å². The van der Waals surface area contributed by atoms with E-state index in [0.717, 1.165) is 18.7 Å². The number of urea groups is 1. The fourth-order valence-corrected chi connectivity index (χ4v) is 2.09. The summed E-state index contributed by atoms with van der Waals surface area (Å²) >= 11 is 0. The van der Waals surface area contributed by atoms with Crippen LogP contribution in [0.25, 0.3) is 0 Å². The molecule has 26 heavy (non-hydrogen) atoms. The Hall–Kier alpha value is -3.04. The molecule has 4 N–H and O–H groups in total. The van der Waals surface area contributed by atoms with Crippen molar-refractivity contribution in [3.8, 4) is 0 Å². The SMILES string of the molecule is CCNc1cc(NCCNC(=O)Nc2ccc(F)c(F)c2F)nc(C)n1. The summed E-state index contributed by atoms with van der Waals surface area (Å²) in [6.07, 6.45) is 0. The van der Waals surface area contributed by atoms with Crippen molar-refractivity contribution < 1.29 is 18.0 Å². The van der Waals surface area contributed by atoms with Crippen molar-refractivity contribution in [2.75, 3.05) is 35.6 Å². The molecule has 0 saturated heterocycles. The van der Waals surface area contributed by atoms with Gasteiger partial charge in [-0.15, -0.1) is 0 Å². The normalized spacial score (nSPS) is 10.3. The Morgan fingerprint density at radius 3 is 2.42 bits per heavy atom. The maximum Gasteiger partial charge on any atom is 0.319 e. The van der Waals surface area contributed by atoms with Gasteiger partial charge in [0.15, 0.2) is 17.5 Å². The number of halogens is 3. The van der Waals surface area contributed by atoms with E-state index in [1.807, 2.05) is 6.92 Å². The van der Waals surface area contributed by atoms with Crippen LogP contribution in [-0.2, 0) is 0 Å². The zero-order chi connectivity index (χ0) is 19.1. The van der Waals surface area contributed by atoms with Gasteiger partial charge in [0, 0.05) is 25.7 Å². The van der Waals surface area contributed by atoms with Gasteiger partial charge < -0.3 is 21.3 Å². The first-order valence-electron chi connectivity index (χ1n) is 7.92. The third-order valence-corrected chi connectivity index (χ3v) is 3.20. The molecule has 7 nitrogen and oxygen atoms in total. The molecule has 2 rings (SSSR count). The van der Waals surface area contributed by atoms with Crippen LogP contribution in [0, 0.1) is 24.4 Å². The van der Waals surface area contributed by atoms with Crippen molar-refractivity contribution in [3.05, 3.63) is 41.5 Å². The molecule has 1 aromatic heterocycles. The van der Waals surface area contributed by atoms with Gasteiger partial charge in [0.2, 0.25) is 0 Å². The summed E-state index contributed by atoms with van der Waals surface area (Å²) in [5.41, 5.74) is -0.448. The average molecular weight is 368 g/mol. The van der Waals surface area contributed by atoms with Gasteiger partial charge in [-0.3, -0.25) is 0 Å². The highest BCUT2D eigenvalue weighted by Gasteiger charge is 2.14. The number of hydrogen-bond donors (Lipinski definition) is 4. The Balaban J connectivity index is 1.81. The van der Waals surface area contributed by atoms with Crippen molar-refractivity contribution in [1.29, 1.82) is 0 Å². The minimum Gasteiger partial charge on any atom is -0.370 e. The molecule has 0 fully saturated rings. The van der Waals surface area contributed by atoms with Gasteiger partial charge in [0.1, 0.15) is 17.5 Å². The fraction of sp³-hybridized carbons (Fsp3) is 0.312. The Morgan fingerprint density at radius 2 is 1.73 bits per heavy atom. The molecule has 0 radical (unpaired) electrons. The van der Waals surface area contributed by atoms with Crippen LogP contribution in [0.3, 0.4) is 0 Å². The van der Waals surface area contributed by atoms with Crippen molar-refractivity contribution in [2.45, 2.75) is 13.8 Å². The van der Waals surface area contributed by atoms with E-state index in [2.05, 4.69) is 31.2 Å². The summed E-state index contributed by atoms with van der Waals surface area (Å²) in [6.45, 7) is 4.96. The molecule has 0 aliphatic rings. The second kappa shape index (κ2) is 8.88. The van der Waals surface area contributed by atoms with E-state index in [9.17, 15) is 18.0 Å². The number of anilines is 3. The summed E-state index contributed by atoms with van der Waals surface area (Å²) in [6, 6.07) is 2.66. The molecule has 140 valence electrons. The molecule has 0 aliphatic carbocycles. The van der Waals surface area contributed by atoms with E-state index in [0.29, 0.717) is 24.0 Å². The lowest BCUT2D eigenvalue weighted by Gasteiger charge is -2.11. The lowest BCUT2D eigenvalue weighted by molar-refractivity contribution is 0.252. The van der Waals surface area contributed by atoms with E-state index in [1.54, 1.807) is 13.0 Å². The molecule has 0 atom stereocenters. The van der Waals surface area contributed by atoms with Gasteiger partial charge in [-0.05, 0) is 26.0 Å². The first-order chi connectivity index (χ1) is 12.4. The van der Waals surface area contributed by atoms with Crippen LogP contribution in [0.2, 0.25) is 0 Å². The van der Waals surface area contributed by atoms with Crippen LogP contribution >= 0.6 is 0 Å². The summed E-state index contributed by atoms with van der Waals surface area (Å²) in [4.78, 5) is 20.1. The number of rotatable bonds is 7. The van der Waals surface area contributed by atoms with Crippen LogP contribution < -0.4 is 21.3 Å². The van der Waals surface area contributed by atoms with Gasteiger partial charge in [-0.1, -0.05) is 0 Å². The Labute approximate surface area is 148 Å². The smallest absolute Gasteiger partial charge is 0.319 e. The minimum atomic E-state index is -1.64. The monoisotopic (exact) mass is 368 g/mol. The predicted molar refractivity (Wildman–Crippen MR) is 92.8 cm³/mol. The predicted octanol–water partition coefficient (Wildman–Crippen LogP) is 2.87. The molecule has 2 aromatic rings. The number of nitrogens with one attached hydrogen (secondary N) is 4. The molecule has 0 spiro atoms. The van der Waals surface area contributed by atoms with E-state index < -0.39 is 29.2 Å². The van der Waals surface area contributed by atoms with Crippen LogP contribution in [0.1, 0.15) is 12.7 Å². The lowest BCUT2D eigenvalue weighted by atomic mass is 10.3. The number of benzene rings is 1. The molecular formula is C16H19F3N6O.